The van der Waals surface area contributed by atoms with Crippen LogP contribution in [0.25, 0.3) is 21.8 Å². The summed E-state index contributed by atoms with van der Waals surface area (Å²) in [6.45, 7) is 7.99. The van der Waals surface area contributed by atoms with E-state index >= 15 is 0 Å². The van der Waals surface area contributed by atoms with Gasteiger partial charge in [0.1, 0.15) is 29.0 Å². The van der Waals surface area contributed by atoms with E-state index in [1.54, 1.807) is 44.4 Å². The van der Waals surface area contributed by atoms with E-state index in [4.69, 9.17) is 21.5 Å². The van der Waals surface area contributed by atoms with Gasteiger partial charge >= 0.3 is 11.9 Å². The molecule has 0 saturated heterocycles. The Morgan fingerprint density at radius 1 is 0.764 bits per heavy atom. The van der Waals surface area contributed by atoms with Crippen LogP contribution in [0.1, 0.15) is 88.9 Å². The van der Waals surface area contributed by atoms with Crippen molar-refractivity contribution in [2.24, 2.45) is 11.5 Å². The largest absolute Gasteiger partial charge is 0.462 e. The zero-order valence-electron chi connectivity index (χ0n) is 30.2. The number of benzene rings is 2. The maximum absolute atomic E-state index is 11.9. The summed E-state index contributed by atoms with van der Waals surface area (Å²) in [6.07, 6.45) is 6.14. The molecular weight excluding hydrogens is 772 g/mol. The van der Waals surface area contributed by atoms with Crippen molar-refractivity contribution in [3.63, 3.8) is 0 Å². The van der Waals surface area contributed by atoms with Gasteiger partial charge in [-0.25, -0.2) is 9.59 Å². The highest BCUT2D eigenvalue weighted by Gasteiger charge is 2.19. The molecule has 6 aromatic rings. The van der Waals surface area contributed by atoms with E-state index in [0.717, 1.165) is 33.0 Å². The van der Waals surface area contributed by atoms with Crippen molar-refractivity contribution in [1.82, 2.24) is 29.9 Å². The first-order valence-electron chi connectivity index (χ1n) is 16.5. The van der Waals surface area contributed by atoms with E-state index in [1.807, 2.05) is 44.2 Å². The predicted molar refractivity (Wildman–Crippen MR) is 204 cm³/mol. The van der Waals surface area contributed by atoms with Crippen molar-refractivity contribution in [2.45, 2.75) is 39.6 Å². The summed E-state index contributed by atoms with van der Waals surface area (Å²) < 4.78 is 11.1. The Morgan fingerprint density at radius 2 is 1.29 bits per heavy atom. The van der Waals surface area contributed by atoms with Gasteiger partial charge in [-0.2, -0.15) is 20.7 Å². The topological polar surface area (TPSA) is 259 Å². The van der Waals surface area contributed by atoms with Crippen LogP contribution in [0.5, 0.6) is 0 Å². The number of nitrogens with one attached hydrogen (secondary N) is 1. The van der Waals surface area contributed by atoms with E-state index in [1.165, 1.54) is 17.1 Å². The molecule has 0 aliphatic heterocycles. The first kappa shape index (κ1) is 40.8. The van der Waals surface area contributed by atoms with E-state index in [0.29, 0.717) is 27.5 Å². The number of aromatic amines is 1. The van der Waals surface area contributed by atoms with Gasteiger partial charge in [-0.15, -0.1) is 0 Å². The van der Waals surface area contributed by atoms with Crippen LogP contribution in [0.4, 0.5) is 0 Å². The molecule has 55 heavy (non-hydrogen) atoms. The number of pyridine rings is 2. The number of hydrogen-bond donors (Lipinski definition) is 3. The molecule has 0 radical (unpaired) electrons. The van der Waals surface area contributed by atoms with Gasteiger partial charge in [0.25, 0.3) is 11.8 Å². The average Bonchev–Trinajstić information content (AvgIpc) is 3.82. The number of hydrogen-bond acceptors (Lipinski definition) is 12. The second-order valence-corrected chi connectivity index (χ2v) is 12.3. The number of esters is 2. The van der Waals surface area contributed by atoms with Gasteiger partial charge in [0.2, 0.25) is 0 Å². The standard InChI is InChI=1S/C19H17N5O3.C12H11BrN2O.C7H7N3O2/c1-3-27-19(26)15-10-24(23-16(15)7-20)9-12-5-13-4-11(2)8-22-17(13)14(6-12)18(21)25;1-7-2-9-3-8(5-13)4-10(12(14)16)11(9)15-6-7;1-2-12-7(11)5-4-9-10-6(5)3-8/h4-6,8,10H,3,9H2,1-2H3,(H2,21,25);2-4,6H,5H2,1H3,(H2,14,16);4H,2H2,1H3,(H,9,10). The fraction of sp³-hybridized carbons (Fsp3) is 0.211. The fourth-order valence-corrected chi connectivity index (χ4v) is 5.58. The SMILES string of the molecule is CCOC(=O)c1cn(Cc2cc(C(N)=O)c3ncc(C)cc3c2)nc1C#N.CCOC(=O)c1cn[nH]c1C#N.Cc1cnc2c(C(N)=O)cc(CBr)cc2c1. The molecule has 6 rings (SSSR count). The summed E-state index contributed by atoms with van der Waals surface area (Å²) in [7, 11) is 0. The van der Waals surface area contributed by atoms with Crippen LogP contribution in [0.3, 0.4) is 0 Å². The average molecular weight is 808 g/mol. The highest BCUT2D eigenvalue weighted by Crippen LogP contribution is 2.23. The molecule has 5 N–H and O–H groups in total. The molecule has 0 bridgehead atoms. The van der Waals surface area contributed by atoms with Crippen molar-refractivity contribution < 1.29 is 28.7 Å². The normalized spacial score (nSPS) is 10.2. The zero-order valence-corrected chi connectivity index (χ0v) is 31.8. The number of halogens is 1. The maximum atomic E-state index is 11.9. The predicted octanol–water partition coefficient (Wildman–Crippen LogP) is 4.93. The zero-order chi connectivity index (χ0) is 40.2. The van der Waals surface area contributed by atoms with Gasteiger partial charge in [0.15, 0.2) is 5.69 Å². The number of carbonyl (C=O) groups is 4. The Morgan fingerprint density at radius 3 is 1.78 bits per heavy atom. The number of rotatable bonds is 9. The molecule has 0 atom stereocenters. The Labute approximate surface area is 323 Å². The summed E-state index contributed by atoms with van der Waals surface area (Å²) in [5.74, 6) is -2.15. The minimum Gasteiger partial charge on any atom is -0.462 e. The number of alkyl halides is 1. The highest BCUT2D eigenvalue weighted by molar-refractivity contribution is 9.08. The van der Waals surface area contributed by atoms with Crippen LogP contribution < -0.4 is 11.5 Å². The van der Waals surface area contributed by atoms with E-state index in [-0.39, 0.29) is 42.3 Å². The number of ether oxygens (including phenoxy) is 2. The number of nitrogens with zero attached hydrogens (tertiary/aromatic N) is 7. The number of primary amides is 2. The molecule has 2 aromatic carbocycles. The molecular formula is C38H35BrN10O6. The number of amides is 2. The van der Waals surface area contributed by atoms with E-state index in [2.05, 4.69) is 45.9 Å². The van der Waals surface area contributed by atoms with Gasteiger partial charge in [0, 0.05) is 34.7 Å². The van der Waals surface area contributed by atoms with Crippen LogP contribution in [0.15, 0.2) is 61.2 Å². The Balaban J connectivity index is 0.000000203. The van der Waals surface area contributed by atoms with Gasteiger partial charge in [-0.05, 0) is 86.3 Å². The maximum Gasteiger partial charge on any atom is 0.342 e. The van der Waals surface area contributed by atoms with Crippen molar-refractivity contribution in [2.75, 3.05) is 13.2 Å². The molecule has 4 aromatic heterocycles. The number of nitriles is 2. The molecule has 0 fully saturated rings. The second kappa shape index (κ2) is 18.7. The quantitative estimate of drug-likeness (QED) is 0.130. The van der Waals surface area contributed by atoms with Gasteiger partial charge in [-0.1, -0.05) is 15.9 Å². The molecule has 4 heterocycles. The second-order valence-electron chi connectivity index (χ2n) is 11.7. The van der Waals surface area contributed by atoms with Crippen LogP contribution in [-0.2, 0) is 21.3 Å². The minimum absolute atomic E-state index is 0.0122. The number of nitrogens with two attached hydrogens (primary N) is 2. The summed E-state index contributed by atoms with van der Waals surface area (Å²) in [5, 5.41) is 30.2. The monoisotopic (exact) mass is 806 g/mol. The first-order chi connectivity index (χ1) is 26.3. The summed E-state index contributed by atoms with van der Waals surface area (Å²) in [5.41, 5.74) is 17.0. The highest BCUT2D eigenvalue weighted by atomic mass is 79.9. The lowest BCUT2D eigenvalue weighted by Gasteiger charge is -2.08. The van der Waals surface area contributed by atoms with Crippen molar-refractivity contribution in [3.05, 3.63) is 117 Å². The third-order valence-corrected chi connectivity index (χ3v) is 8.25. The first-order valence-corrected chi connectivity index (χ1v) is 17.6. The summed E-state index contributed by atoms with van der Waals surface area (Å²) in [6, 6.07) is 14.9. The van der Waals surface area contributed by atoms with Gasteiger partial charge in [0.05, 0.1) is 48.1 Å². The molecule has 0 unspecified atom stereocenters. The third kappa shape index (κ3) is 10.1. The molecule has 0 aliphatic carbocycles. The van der Waals surface area contributed by atoms with Crippen molar-refractivity contribution in [3.8, 4) is 12.1 Å². The molecule has 17 heteroatoms. The van der Waals surface area contributed by atoms with E-state index < -0.39 is 23.8 Å². The third-order valence-electron chi connectivity index (χ3n) is 7.60. The Kier molecular flexibility index (Phi) is 13.8. The number of carbonyl (C=O) groups excluding carboxylic acids is 4. The number of aryl methyl sites for hydroxylation is 2. The van der Waals surface area contributed by atoms with Gasteiger partial charge in [-0.3, -0.25) is 29.3 Å². The molecule has 0 spiro atoms. The minimum atomic E-state index is -0.600. The molecule has 16 nitrogen and oxygen atoms in total. The lowest BCUT2D eigenvalue weighted by molar-refractivity contribution is 0.0516. The number of H-pyrrole nitrogens is 1. The Bertz CT molecular complexity index is 2500. The number of aromatic nitrogens is 6. The van der Waals surface area contributed by atoms with Crippen LogP contribution in [0, 0.1) is 36.5 Å². The lowest BCUT2D eigenvalue weighted by atomic mass is 10.0. The molecule has 2 amide bonds. The Hall–Kier alpha value is -6.98. The number of fused-ring (bicyclic) bond motifs is 2. The van der Waals surface area contributed by atoms with Crippen LogP contribution >= 0.6 is 15.9 Å². The van der Waals surface area contributed by atoms with Crippen molar-refractivity contribution in [1.29, 1.82) is 10.5 Å². The van der Waals surface area contributed by atoms with Crippen molar-refractivity contribution >= 4 is 61.5 Å². The van der Waals surface area contributed by atoms with Gasteiger partial charge < -0.3 is 20.9 Å². The smallest absolute Gasteiger partial charge is 0.342 e. The molecule has 280 valence electrons. The lowest BCUT2D eigenvalue weighted by Crippen LogP contribution is -2.13. The van der Waals surface area contributed by atoms with E-state index in [9.17, 15) is 24.4 Å². The van der Waals surface area contributed by atoms with Crippen LogP contribution in [0.2, 0.25) is 0 Å². The molecule has 0 saturated carbocycles. The molecule has 0 aliphatic rings. The summed E-state index contributed by atoms with van der Waals surface area (Å²) >= 11 is 3.37. The summed E-state index contributed by atoms with van der Waals surface area (Å²) in [4.78, 5) is 54.7. The van der Waals surface area contributed by atoms with Crippen LogP contribution in [-0.4, -0.2) is 66.9 Å². The fourth-order valence-electron chi connectivity index (χ4n) is 5.25.